The molecule has 0 saturated heterocycles. The van der Waals surface area contributed by atoms with Crippen molar-refractivity contribution in [3.05, 3.63) is 77.4 Å². The van der Waals surface area contributed by atoms with Gasteiger partial charge in [0.05, 0.1) is 0 Å². The molecule has 5 heteroatoms. The summed E-state index contributed by atoms with van der Waals surface area (Å²) in [6, 6.07) is 17.8. The normalized spacial score (nSPS) is 12.2. The van der Waals surface area contributed by atoms with Crippen molar-refractivity contribution in [2.45, 2.75) is 12.5 Å². The van der Waals surface area contributed by atoms with E-state index >= 15 is 0 Å². The number of aliphatic hydroxyl groups excluding tert-OH is 1. The van der Waals surface area contributed by atoms with Gasteiger partial charge in [-0.05, 0) is 23.3 Å². The molecule has 0 fully saturated rings. The van der Waals surface area contributed by atoms with Crippen molar-refractivity contribution in [1.82, 2.24) is 14.8 Å². The molecule has 3 aromatic rings. The van der Waals surface area contributed by atoms with E-state index < -0.39 is 6.10 Å². The van der Waals surface area contributed by atoms with Crippen molar-refractivity contribution in [3.63, 3.8) is 0 Å². The molecule has 3 rings (SSSR count). The van der Waals surface area contributed by atoms with Crippen molar-refractivity contribution < 1.29 is 5.11 Å². The third-order valence-corrected chi connectivity index (χ3v) is 4.04. The number of hydrogen-bond acceptors (Lipinski definition) is 4. The van der Waals surface area contributed by atoms with Crippen LogP contribution in [0.1, 0.15) is 28.9 Å². The zero-order chi connectivity index (χ0) is 17.1. The molecule has 24 heavy (non-hydrogen) atoms. The van der Waals surface area contributed by atoms with Crippen molar-refractivity contribution in [3.8, 4) is 0 Å². The summed E-state index contributed by atoms with van der Waals surface area (Å²) in [7, 11) is 5.90. The molecular formula is C19H22N4O. The van der Waals surface area contributed by atoms with Gasteiger partial charge in [0.1, 0.15) is 11.9 Å². The van der Waals surface area contributed by atoms with Crippen molar-refractivity contribution in [2.24, 2.45) is 7.05 Å². The molecule has 124 valence electrons. The Kier molecular flexibility index (Phi) is 4.62. The Morgan fingerprint density at radius 1 is 1.04 bits per heavy atom. The van der Waals surface area contributed by atoms with Gasteiger partial charge in [-0.2, -0.15) is 5.10 Å². The van der Waals surface area contributed by atoms with Crippen LogP contribution in [0.2, 0.25) is 0 Å². The molecule has 0 aliphatic carbocycles. The quantitative estimate of drug-likeness (QED) is 0.784. The summed E-state index contributed by atoms with van der Waals surface area (Å²) in [6.45, 7) is 0. The molecule has 0 saturated carbocycles. The molecule has 2 aromatic carbocycles. The first-order valence-electron chi connectivity index (χ1n) is 7.93. The average Bonchev–Trinajstić information content (AvgIpc) is 2.96. The first kappa shape index (κ1) is 16.2. The van der Waals surface area contributed by atoms with Gasteiger partial charge in [-0.25, -0.2) is 4.98 Å². The lowest BCUT2D eigenvalue weighted by molar-refractivity contribution is 0.209. The van der Waals surface area contributed by atoms with Gasteiger partial charge in [-0.15, -0.1) is 0 Å². The van der Waals surface area contributed by atoms with Gasteiger partial charge in [0.2, 0.25) is 0 Å². The van der Waals surface area contributed by atoms with Gasteiger partial charge < -0.3 is 10.0 Å². The summed E-state index contributed by atoms with van der Waals surface area (Å²) in [5.74, 6) is 1.26. The third-order valence-electron chi connectivity index (χ3n) is 4.04. The monoisotopic (exact) mass is 322 g/mol. The summed E-state index contributed by atoms with van der Waals surface area (Å²) in [5, 5.41) is 14.8. The number of rotatable bonds is 5. The van der Waals surface area contributed by atoms with Crippen LogP contribution in [0.15, 0.2) is 54.6 Å². The van der Waals surface area contributed by atoms with Gasteiger partial charge in [0.25, 0.3) is 0 Å². The molecule has 5 nitrogen and oxygen atoms in total. The molecule has 0 spiro atoms. The molecule has 1 aromatic heterocycles. The highest BCUT2D eigenvalue weighted by Crippen LogP contribution is 2.20. The SMILES string of the molecule is CN(C)c1ccc(Cc2nc([C@@H](O)c3ccccc3)nn2C)cc1. The third kappa shape index (κ3) is 3.46. The number of aromatic nitrogens is 3. The van der Waals surface area contributed by atoms with E-state index in [4.69, 9.17) is 0 Å². The molecule has 0 aliphatic heterocycles. The Morgan fingerprint density at radius 3 is 2.33 bits per heavy atom. The second kappa shape index (κ2) is 6.84. The summed E-state index contributed by atoms with van der Waals surface area (Å²) in [4.78, 5) is 6.60. The van der Waals surface area contributed by atoms with Crippen molar-refractivity contribution >= 4 is 5.69 Å². The Morgan fingerprint density at radius 2 is 1.71 bits per heavy atom. The van der Waals surface area contributed by atoms with Gasteiger partial charge in [-0.3, -0.25) is 4.68 Å². The number of aliphatic hydroxyl groups is 1. The summed E-state index contributed by atoms with van der Waals surface area (Å²) < 4.78 is 1.74. The number of nitrogens with zero attached hydrogens (tertiary/aromatic N) is 4. The second-order valence-corrected chi connectivity index (χ2v) is 6.06. The molecule has 0 amide bonds. The lowest BCUT2D eigenvalue weighted by Crippen LogP contribution is -2.08. The van der Waals surface area contributed by atoms with Gasteiger partial charge in [0.15, 0.2) is 5.82 Å². The fraction of sp³-hybridized carbons (Fsp3) is 0.263. The standard InChI is InChI=1S/C19H22N4O/c1-22(2)16-11-9-14(10-12-16)13-17-20-19(21-23(17)3)18(24)15-7-5-4-6-8-15/h4-12,18,24H,13H2,1-3H3/t18-/m0/s1. The van der Waals surface area contributed by atoms with Gasteiger partial charge >= 0.3 is 0 Å². The maximum Gasteiger partial charge on any atom is 0.183 e. The Balaban J connectivity index is 1.79. The van der Waals surface area contributed by atoms with Gasteiger partial charge in [-0.1, -0.05) is 42.5 Å². The van der Waals surface area contributed by atoms with Crippen LogP contribution in [0.4, 0.5) is 5.69 Å². The van der Waals surface area contributed by atoms with Crippen LogP contribution in [-0.4, -0.2) is 34.0 Å². The minimum absolute atomic E-state index is 0.434. The Labute approximate surface area is 142 Å². The van der Waals surface area contributed by atoms with E-state index in [-0.39, 0.29) is 0 Å². The largest absolute Gasteiger partial charge is 0.380 e. The molecule has 1 N–H and O–H groups in total. The molecule has 0 aliphatic rings. The van der Waals surface area contributed by atoms with E-state index in [2.05, 4.69) is 39.2 Å². The van der Waals surface area contributed by atoms with Crippen LogP contribution in [0, 0.1) is 0 Å². The van der Waals surface area contributed by atoms with Crippen LogP contribution in [0.3, 0.4) is 0 Å². The predicted octanol–water partition coefficient (Wildman–Crippen LogP) is 2.55. The Bertz CT molecular complexity index is 794. The lowest BCUT2D eigenvalue weighted by atomic mass is 10.1. The molecule has 0 bridgehead atoms. The molecule has 0 unspecified atom stereocenters. The van der Waals surface area contributed by atoms with E-state index in [9.17, 15) is 5.11 Å². The minimum Gasteiger partial charge on any atom is -0.380 e. The van der Waals surface area contributed by atoms with Crippen LogP contribution >= 0.6 is 0 Å². The van der Waals surface area contributed by atoms with Crippen LogP contribution in [-0.2, 0) is 13.5 Å². The van der Waals surface area contributed by atoms with Crippen LogP contribution in [0.25, 0.3) is 0 Å². The van der Waals surface area contributed by atoms with Gasteiger partial charge in [0, 0.05) is 33.3 Å². The fourth-order valence-corrected chi connectivity index (χ4v) is 2.59. The molecule has 1 atom stereocenters. The Hall–Kier alpha value is -2.66. The predicted molar refractivity (Wildman–Crippen MR) is 95.1 cm³/mol. The zero-order valence-corrected chi connectivity index (χ0v) is 14.2. The maximum atomic E-state index is 10.4. The van der Waals surface area contributed by atoms with E-state index in [0.717, 1.165) is 22.6 Å². The smallest absolute Gasteiger partial charge is 0.183 e. The zero-order valence-electron chi connectivity index (χ0n) is 14.2. The maximum absolute atomic E-state index is 10.4. The first-order valence-corrected chi connectivity index (χ1v) is 7.93. The second-order valence-electron chi connectivity index (χ2n) is 6.06. The first-order chi connectivity index (χ1) is 11.5. The topological polar surface area (TPSA) is 54.2 Å². The lowest BCUT2D eigenvalue weighted by Gasteiger charge is -2.12. The van der Waals surface area contributed by atoms with E-state index in [1.807, 2.05) is 51.5 Å². The van der Waals surface area contributed by atoms with Crippen molar-refractivity contribution in [1.29, 1.82) is 0 Å². The van der Waals surface area contributed by atoms with E-state index in [0.29, 0.717) is 12.2 Å². The summed E-state index contributed by atoms with van der Waals surface area (Å²) in [5.41, 5.74) is 3.12. The summed E-state index contributed by atoms with van der Waals surface area (Å²) >= 11 is 0. The number of anilines is 1. The molecule has 0 radical (unpaired) electrons. The van der Waals surface area contributed by atoms with E-state index in [1.165, 1.54) is 0 Å². The van der Waals surface area contributed by atoms with Crippen molar-refractivity contribution in [2.75, 3.05) is 19.0 Å². The number of benzene rings is 2. The summed E-state index contributed by atoms with van der Waals surface area (Å²) in [6.07, 6.45) is -0.124. The number of aryl methyl sites for hydroxylation is 1. The highest BCUT2D eigenvalue weighted by molar-refractivity contribution is 5.46. The molecule has 1 heterocycles. The highest BCUT2D eigenvalue weighted by Gasteiger charge is 2.17. The molecular weight excluding hydrogens is 300 g/mol. The average molecular weight is 322 g/mol. The highest BCUT2D eigenvalue weighted by atomic mass is 16.3. The fourth-order valence-electron chi connectivity index (χ4n) is 2.59. The van der Waals surface area contributed by atoms with Crippen LogP contribution < -0.4 is 4.90 Å². The minimum atomic E-state index is -0.803. The number of hydrogen-bond donors (Lipinski definition) is 1. The van der Waals surface area contributed by atoms with E-state index in [1.54, 1.807) is 4.68 Å². The van der Waals surface area contributed by atoms with Crippen LogP contribution in [0.5, 0.6) is 0 Å².